The molecule has 8 heteroatoms. The average molecular weight is 339 g/mol. The Morgan fingerprint density at radius 1 is 1.26 bits per heavy atom. The monoisotopic (exact) mass is 338 g/mol. The number of fused-ring (bicyclic) bond motifs is 1. The highest BCUT2D eigenvalue weighted by atomic mass is 35.5. The van der Waals surface area contributed by atoms with Crippen LogP contribution in [0.5, 0.6) is 0 Å². The molecule has 0 unspecified atom stereocenters. The first-order chi connectivity index (χ1) is 10.5. The summed E-state index contributed by atoms with van der Waals surface area (Å²) in [5, 5.41) is 10.1. The molecule has 2 aliphatic heterocycles. The van der Waals surface area contributed by atoms with E-state index in [9.17, 15) is 4.79 Å². The molecule has 2 amide bonds. The Morgan fingerprint density at radius 2 is 2.00 bits per heavy atom. The lowest BCUT2D eigenvalue weighted by atomic mass is 10.1. The number of rotatable bonds is 4. The summed E-state index contributed by atoms with van der Waals surface area (Å²) >= 11 is 0. The van der Waals surface area contributed by atoms with Crippen LogP contribution < -0.4 is 11.1 Å². The van der Waals surface area contributed by atoms with E-state index in [1.807, 2.05) is 24.1 Å². The van der Waals surface area contributed by atoms with Gasteiger partial charge >= 0.3 is 6.03 Å². The number of amides is 2. The molecule has 0 saturated carbocycles. The SMILES string of the molecule is CN1CCN(CCN2Cc3ccc(NC(=N)N)cc3C2)C1=O.Cl. The molecule has 1 aromatic carbocycles. The number of halogens is 1. The number of nitrogens with zero attached hydrogens (tertiary/aromatic N) is 3. The van der Waals surface area contributed by atoms with E-state index in [1.54, 1.807) is 4.90 Å². The second kappa shape index (κ2) is 7.06. The first kappa shape index (κ1) is 17.4. The zero-order chi connectivity index (χ0) is 15.7. The number of likely N-dealkylation sites (N-methyl/N-ethyl adjacent to an activating group) is 1. The van der Waals surface area contributed by atoms with Crippen molar-refractivity contribution in [2.75, 3.05) is 38.5 Å². The maximum atomic E-state index is 11.9. The molecule has 2 aliphatic rings. The summed E-state index contributed by atoms with van der Waals surface area (Å²) in [6, 6.07) is 6.20. The van der Waals surface area contributed by atoms with Crippen LogP contribution in [0.25, 0.3) is 0 Å². The van der Waals surface area contributed by atoms with Crippen LogP contribution in [0, 0.1) is 5.41 Å². The van der Waals surface area contributed by atoms with Crippen molar-refractivity contribution in [3.8, 4) is 0 Å². The third-order valence-electron chi connectivity index (χ3n) is 4.26. The Kier molecular flexibility index (Phi) is 5.33. The lowest BCUT2D eigenvalue weighted by Gasteiger charge is -2.20. The van der Waals surface area contributed by atoms with Crippen LogP contribution in [0.2, 0.25) is 0 Å². The highest BCUT2D eigenvalue weighted by molar-refractivity contribution is 5.89. The summed E-state index contributed by atoms with van der Waals surface area (Å²) in [6.45, 7) is 5.08. The first-order valence-electron chi connectivity index (χ1n) is 7.48. The predicted octanol–water partition coefficient (Wildman–Crippen LogP) is 1.10. The number of hydrogen-bond acceptors (Lipinski definition) is 3. The number of urea groups is 1. The van der Waals surface area contributed by atoms with Crippen molar-refractivity contribution < 1.29 is 4.79 Å². The average Bonchev–Trinajstić information content (AvgIpc) is 3.00. The number of guanidine groups is 1. The van der Waals surface area contributed by atoms with E-state index in [2.05, 4.69) is 16.3 Å². The van der Waals surface area contributed by atoms with Gasteiger partial charge in [-0.1, -0.05) is 6.07 Å². The van der Waals surface area contributed by atoms with Gasteiger partial charge in [0.05, 0.1) is 0 Å². The van der Waals surface area contributed by atoms with E-state index >= 15 is 0 Å². The lowest BCUT2D eigenvalue weighted by Crippen LogP contribution is -2.35. The fraction of sp³-hybridized carbons (Fsp3) is 0.467. The quantitative estimate of drug-likeness (QED) is 0.566. The Morgan fingerprint density at radius 3 is 2.65 bits per heavy atom. The largest absolute Gasteiger partial charge is 0.370 e. The van der Waals surface area contributed by atoms with Gasteiger partial charge in [-0.3, -0.25) is 10.3 Å². The smallest absolute Gasteiger partial charge is 0.319 e. The second-order valence-electron chi connectivity index (χ2n) is 5.92. The molecular formula is C15H23ClN6O. The molecule has 126 valence electrons. The number of carbonyl (C=O) groups is 1. The molecule has 1 fully saturated rings. The molecule has 0 bridgehead atoms. The lowest BCUT2D eigenvalue weighted by molar-refractivity contribution is 0.187. The minimum absolute atomic E-state index is 0. The highest BCUT2D eigenvalue weighted by Gasteiger charge is 2.26. The van der Waals surface area contributed by atoms with E-state index in [0.717, 1.165) is 45.0 Å². The number of anilines is 1. The van der Waals surface area contributed by atoms with Gasteiger partial charge in [-0.15, -0.1) is 12.4 Å². The van der Waals surface area contributed by atoms with Crippen molar-refractivity contribution in [3.63, 3.8) is 0 Å². The zero-order valence-corrected chi connectivity index (χ0v) is 14.0. The van der Waals surface area contributed by atoms with Gasteiger partial charge in [-0.2, -0.15) is 0 Å². The number of hydrogen-bond donors (Lipinski definition) is 3. The molecule has 0 atom stereocenters. The summed E-state index contributed by atoms with van der Waals surface area (Å²) in [5.74, 6) is -0.0496. The summed E-state index contributed by atoms with van der Waals surface area (Å²) in [5.41, 5.74) is 8.78. The van der Waals surface area contributed by atoms with Crippen LogP contribution in [0.15, 0.2) is 18.2 Å². The van der Waals surface area contributed by atoms with Gasteiger partial charge in [0.15, 0.2) is 5.96 Å². The van der Waals surface area contributed by atoms with Gasteiger partial charge < -0.3 is 20.9 Å². The van der Waals surface area contributed by atoms with Crippen LogP contribution in [0.1, 0.15) is 11.1 Å². The Hall–Kier alpha value is -1.99. The standard InChI is InChI=1S/C15H22N6O.ClH/c1-19-4-6-21(15(19)22)7-5-20-9-11-2-3-13(18-14(16)17)8-12(11)10-20;/h2-3,8H,4-7,9-10H2,1H3,(H4,16,17,18);1H. The third kappa shape index (κ3) is 3.86. The van der Waals surface area contributed by atoms with Crippen LogP contribution in [0.3, 0.4) is 0 Å². The molecule has 0 radical (unpaired) electrons. The van der Waals surface area contributed by atoms with E-state index in [0.29, 0.717) is 0 Å². The van der Waals surface area contributed by atoms with Crippen LogP contribution in [0.4, 0.5) is 10.5 Å². The van der Waals surface area contributed by atoms with Gasteiger partial charge in [0.2, 0.25) is 0 Å². The maximum absolute atomic E-state index is 11.9. The Balaban J connectivity index is 0.00000192. The normalized spacial score (nSPS) is 17.2. The summed E-state index contributed by atoms with van der Waals surface area (Å²) < 4.78 is 0. The van der Waals surface area contributed by atoms with Gasteiger partial charge in [-0.05, 0) is 23.3 Å². The molecule has 1 aromatic rings. The fourth-order valence-corrected chi connectivity index (χ4v) is 3.03. The molecule has 3 rings (SSSR count). The maximum Gasteiger partial charge on any atom is 0.319 e. The van der Waals surface area contributed by atoms with Crippen LogP contribution >= 0.6 is 12.4 Å². The summed E-state index contributed by atoms with van der Waals surface area (Å²) in [6.07, 6.45) is 0. The fourth-order valence-electron chi connectivity index (χ4n) is 3.03. The number of nitrogens with two attached hydrogens (primary N) is 1. The van der Waals surface area contributed by atoms with Gasteiger partial charge in [-0.25, -0.2) is 4.79 Å². The predicted molar refractivity (Wildman–Crippen MR) is 92.9 cm³/mol. The first-order valence-corrected chi connectivity index (χ1v) is 7.48. The number of carbonyl (C=O) groups excluding carboxylic acids is 1. The van der Waals surface area contributed by atoms with Crippen molar-refractivity contribution in [1.82, 2.24) is 14.7 Å². The zero-order valence-electron chi connectivity index (χ0n) is 13.2. The van der Waals surface area contributed by atoms with Crippen LogP contribution in [-0.4, -0.2) is 59.9 Å². The van der Waals surface area contributed by atoms with Gasteiger partial charge in [0, 0.05) is 52.0 Å². The van der Waals surface area contributed by atoms with E-state index in [1.165, 1.54) is 11.1 Å². The van der Waals surface area contributed by atoms with Crippen molar-refractivity contribution in [3.05, 3.63) is 29.3 Å². The molecule has 0 aromatic heterocycles. The third-order valence-corrected chi connectivity index (χ3v) is 4.26. The highest BCUT2D eigenvalue weighted by Crippen LogP contribution is 2.25. The molecule has 0 spiro atoms. The molecular weight excluding hydrogens is 316 g/mol. The molecule has 2 heterocycles. The topological polar surface area (TPSA) is 88.7 Å². The molecule has 4 N–H and O–H groups in total. The van der Waals surface area contributed by atoms with Gasteiger partial charge in [0.1, 0.15) is 0 Å². The van der Waals surface area contributed by atoms with Crippen molar-refractivity contribution in [2.45, 2.75) is 13.1 Å². The Labute approximate surface area is 142 Å². The number of benzene rings is 1. The van der Waals surface area contributed by atoms with E-state index in [4.69, 9.17) is 11.1 Å². The van der Waals surface area contributed by atoms with E-state index < -0.39 is 0 Å². The van der Waals surface area contributed by atoms with E-state index in [-0.39, 0.29) is 24.4 Å². The molecule has 23 heavy (non-hydrogen) atoms. The second-order valence-corrected chi connectivity index (χ2v) is 5.92. The molecule has 0 aliphatic carbocycles. The minimum Gasteiger partial charge on any atom is -0.370 e. The Bertz CT molecular complexity index is 608. The summed E-state index contributed by atoms with van der Waals surface area (Å²) in [7, 11) is 1.84. The van der Waals surface area contributed by atoms with Crippen LogP contribution in [-0.2, 0) is 13.1 Å². The minimum atomic E-state index is -0.0496. The van der Waals surface area contributed by atoms with Crippen molar-refractivity contribution in [1.29, 1.82) is 5.41 Å². The van der Waals surface area contributed by atoms with Crippen molar-refractivity contribution >= 4 is 30.1 Å². The molecule has 7 nitrogen and oxygen atoms in total. The molecule has 1 saturated heterocycles. The number of nitrogens with one attached hydrogen (secondary N) is 2. The summed E-state index contributed by atoms with van der Waals surface area (Å²) in [4.78, 5) is 17.9. The van der Waals surface area contributed by atoms with Crippen molar-refractivity contribution in [2.24, 2.45) is 5.73 Å². The van der Waals surface area contributed by atoms with Gasteiger partial charge in [0.25, 0.3) is 0 Å².